The van der Waals surface area contributed by atoms with Crippen LogP contribution in [0.5, 0.6) is 0 Å². The van der Waals surface area contributed by atoms with E-state index in [0.717, 1.165) is 12.0 Å². The summed E-state index contributed by atoms with van der Waals surface area (Å²) in [5.74, 6) is 0.121. The monoisotopic (exact) mass is 416 g/mol. The summed E-state index contributed by atoms with van der Waals surface area (Å²) in [6.07, 6.45) is 0.0998. The second-order valence-electron chi connectivity index (χ2n) is 7.53. The van der Waals surface area contributed by atoms with Gasteiger partial charge in [-0.25, -0.2) is 16.8 Å². The van der Waals surface area contributed by atoms with Gasteiger partial charge in [0.2, 0.25) is 10.0 Å². The lowest BCUT2D eigenvalue weighted by molar-refractivity contribution is 0.0618. The fourth-order valence-electron chi connectivity index (χ4n) is 3.79. The highest BCUT2D eigenvalue weighted by atomic mass is 32.2. The maximum absolute atomic E-state index is 12.9. The number of nitrogens with zero attached hydrogens (tertiary/aromatic N) is 2. The summed E-state index contributed by atoms with van der Waals surface area (Å²) in [4.78, 5) is 2.18. The molecule has 7 nitrogen and oxygen atoms in total. The highest BCUT2D eigenvalue weighted by Gasteiger charge is 2.41. The quantitative estimate of drug-likeness (QED) is 0.758. The third-order valence-corrected chi connectivity index (χ3v) is 9.35. The molecule has 3 rings (SSSR count). The zero-order valence-corrected chi connectivity index (χ0v) is 17.4. The summed E-state index contributed by atoms with van der Waals surface area (Å²) in [5, 5.41) is 10.0. The van der Waals surface area contributed by atoms with Crippen molar-refractivity contribution >= 4 is 19.9 Å². The molecule has 0 bridgehead atoms. The molecule has 3 atom stereocenters. The van der Waals surface area contributed by atoms with Crippen LogP contribution in [0.2, 0.25) is 0 Å². The first-order valence-electron chi connectivity index (χ1n) is 9.36. The minimum Gasteiger partial charge on any atom is -0.390 e. The van der Waals surface area contributed by atoms with E-state index in [2.05, 4.69) is 13.8 Å². The SMILES string of the molecule is CC[C@@H](C)c1ccc(S(=O)(=O)N2CCN([C@H]3CS(=O)(=O)C[C@@H]3O)CC2)cc1. The van der Waals surface area contributed by atoms with Gasteiger partial charge in [-0.2, -0.15) is 4.31 Å². The molecule has 0 aromatic heterocycles. The van der Waals surface area contributed by atoms with Gasteiger partial charge in [-0.05, 0) is 30.0 Å². The average molecular weight is 417 g/mol. The Morgan fingerprint density at radius 3 is 2.19 bits per heavy atom. The van der Waals surface area contributed by atoms with E-state index in [9.17, 15) is 21.9 Å². The lowest BCUT2D eigenvalue weighted by atomic mass is 9.99. The molecule has 152 valence electrons. The van der Waals surface area contributed by atoms with Gasteiger partial charge >= 0.3 is 0 Å². The third-order valence-electron chi connectivity index (χ3n) is 5.74. The molecule has 0 spiro atoms. The maximum atomic E-state index is 12.9. The summed E-state index contributed by atoms with van der Waals surface area (Å²) < 4.78 is 50.6. The van der Waals surface area contributed by atoms with Gasteiger partial charge in [-0.15, -0.1) is 0 Å². The molecule has 27 heavy (non-hydrogen) atoms. The van der Waals surface area contributed by atoms with Gasteiger partial charge in [0.15, 0.2) is 9.84 Å². The Kier molecular flexibility index (Phi) is 5.98. The van der Waals surface area contributed by atoms with Crippen molar-refractivity contribution in [2.24, 2.45) is 0 Å². The van der Waals surface area contributed by atoms with Gasteiger partial charge < -0.3 is 5.11 Å². The van der Waals surface area contributed by atoms with Crippen molar-refractivity contribution in [2.75, 3.05) is 37.7 Å². The van der Waals surface area contributed by atoms with Crippen LogP contribution in [0.3, 0.4) is 0 Å². The van der Waals surface area contributed by atoms with Crippen molar-refractivity contribution in [3.05, 3.63) is 29.8 Å². The van der Waals surface area contributed by atoms with Crippen LogP contribution in [-0.2, 0) is 19.9 Å². The molecular weight excluding hydrogens is 388 g/mol. The van der Waals surface area contributed by atoms with Crippen LogP contribution in [-0.4, -0.2) is 81.0 Å². The maximum Gasteiger partial charge on any atom is 0.243 e. The van der Waals surface area contributed by atoms with Gasteiger partial charge in [0.05, 0.1) is 28.5 Å². The standard InChI is InChI=1S/C18H28N2O5S2/c1-3-14(2)15-4-6-16(7-5-15)27(24,25)20-10-8-19(9-11-20)17-12-26(22,23)13-18(17)21/h4-7,14,17-18,21H,3,8-13H2,1-2H3/t14-,17+,18+/m1/s1. The number of benzene rings is 1. The van der Waals surface area contributed by atoms with Crippen LogP contribution in [0.15, 0.2) is 29.2 Å². The average Bonchev–Trinajstić information content (AvgIpc) is 2.93. The molecule has 2 aliphatic rings. The topological polar surface area (TPSA) is 95.0 Å². The van der Waals surface area contributed by atoms with Crippen LogP contribution in [0.4, 0.5) is 0 Å². The number of aliphatic hydroxyl groups excluding tert-OH is 1. The minimum absolute atomic E-state index is 0.0575. The summed E-state index contributed by atoms with van der Waals surface area (Å²) in [5.41, 5.74) is 1.12. The Labute approximate surface area is 161 Å². The Balaban J connectivity index is 1.66. The largest absolute Gasteiger partial charge is 0.390 e. The van der Waals surface area contributed by atoms with Crippen molar-refractivity contribution < 1.29 is 21.9 Å². The lowest BCUT2D eigenvalue weighted by Crippen LogP contribution is -2.54. The molecule has 1 aromatic carbocycles. The molecule has 0 saturated carbocycles. The number of hydrogen-bond donors (Lipinski definition) is 1. The number of rotatable bonds is 5. The van der Waals surface area contributed by atoms with E-state index in [1.165, 1.54) is 4.31 Å². The molecule has 0 aliphatic carbocycles. The highest BCUT2D eigenvalue weighted by Crippen LogP contribution is 2.25. The van der Waals surface area contributed by atoms with Gasteiger partial charge in [0, 0.05) is 26.2 Å². The molecule has 0 amide bonds. The molecule has 2 saturated heterocycles. The summed E-state index contributed by atoms with van der Waals surface area (Å²) >= 11 is 0. The first kappa shape index (κ1) is 20.7. The third kappa shape index (κ3) is 4.37. The molecule has 2 aliphatic heterocycles. The number of piperazine rings is 1. The highest BCUT2D eigenvalue weighted by molar-refractivity contribution is 7.91. The molecule has 0 unspecified atom stereocenters. The van der Waals surface area contributed by atoms with Gasteiger partial charge in [-0.3, -0.25) is 4.90 Å². The molecule has 2 heterocycles. The molecule has 2 fully saturated rings. The normalized spacial score (nSPS) is 28.3. The van der Waals surface area contributed by atoms with Crippen molar-refractivity contribution in [1.82, 2.24) is 9.21 Å². The number of sulfonamides is 1. The van der Waals surface area contributed by atoms with Crippen LogP contribution in [0, 0.1) is 0 Å². The van der Waals surface area contributed by atoms with E-state index >= 15 is 0 Å². The van der Waals surface area contributed by atoms with E-state index < -0.39 is 32.0 Å². The van der Waals surface area contributed by atoms with Gasteiger partial charge in [0.1, 0.15) is 0 Å². The molecular formula is C18H28N2O5S2. The predicted molar refractivity (Wildman–Crippen MR) is 104 cm³/mol. The minimum atomic E-state index is -3.57. The number of aliphatic hydroxyl groups is 1. The van der Waals surface area contributed by atoms with E-state index in [-0.39, 0.29) is 16.4 Å². The second kappa shape index (κ2) is 7.79. The van der Waals surface area contributed by atoms with Crippen LogP contribution >= 0.6 is 0 Å². The molecule has 9 heteroatoms. The first-order valence-corrected chi connectivity index (χ1v) is 12.6. The second-order valence-corrected chi connectivity index (χ2v) is 11.6. The van der Waals surface area contributed by atoms with Crippen molar-refractivity contribution in [2.45, 2.75) is 43.2 Å². The Hall–Kier alpha value is -1.00. The first-order chi connectivity index (χ1) is 12.6. The zero-order valence-electron chi connectivity index (χ0n) is 15.8. The summed E-state index contributed by atoms with van der Waals surface area (Å²) in [6, 6.07) is 6.64. The van der Waals surface area contributed by atoms with Gasteiger partial charge in [-0.1, -0.05) is 26.0 Å². The molecule has 1 N–H and O–H groups in total. The Morgan fingerprint density at radius 2 is 1.70 bits per heavy atom. The van der Waals surface area contributed by atoms with Crippen molar-refractivity contribution in [3.63, 3.8) is 0 Å². The Morgan fingerprint density at radius 1 is 1.11 bits per heavy atom. The fourth-order valence-corrected chi connectivity index (χ4v) is 7.04. The summed E-state index contributed by atoms with van der Waals surface area (Å²) in [6.45, 7) is 5.63. The van der Waals surface area contributed by atoms with Gasteiger partial charge in [0.25, 0.3) is 0 Å². The smallest absolute Gasteiger partial charge is 0.243 e. The Bertz CT molecular complexity index is 860. The number of sulfone groups is 1. The predicted octanol–water partition coefficient (Wildman–Crippen LogP) is 0.664. The van der Waals surface area contributed by atoms with Crippen LogP contribution in [0.25, 0.3) is 0 Å². The molecule has 0 radical (unpaired) electrons. The molecule has 1 aromatic rings. The fraction of sp³-hybridized carbons (Fsp3) is 0.667. The van der Waals surface area contributed by atoms with Crippen LogP contribution in [0.1, 0.15) is 31.7 Å². The van der Waals surface area contributed by atoms with Crippen molar-refractivity contribution in [1.29, 1.82) is 0 Å². The zero-order chi connectivity index (χ0) is 19.8. The van der Waals surface area contributed by atoms with Crippen LogP contribution < -0.4 is 0 Å². The van der Waals surface area contributed by atoms with E-state index in [1.807, 2.05) is 17.0 Å². The number of hydrogen-bond acceptors (Lipinski definition) is 6. The van der Waals surface area contributed by atoms with Crippen molar-refractivity contribution in [3.8, 4) is 0 Å². The summed E-state index contributed by atoms with van der Waals surface area (Å²) in [7, 11) is -6.78. The van der Waals surface area contributed by atoms with E-state index in [1.54, 1.807) is 12.1 Å². The lowest BCUT2D eigenvalue weighted by Gasteiger charge is -2.37. The van der Waals surface area contributed by atoms with E-state index in [0.29, 0.717) is 32.1 Å². The van der Waals surface area contributed by atoms with E-state index in [4.69, 9.17) is 0 Å².